The largest absolute Gasteiger partial charge is 0.347 e. The highest BCUT2D eigenvalue weighted by Gasteiger charge is 2.26. The molecule has 0 aliphatic carbocycles. The van der Waals surface area contributed by atoms with E-state index >= 15 is 0 Å². The molecule has 0 saturated carbocycles. The standard InChI is InChI=1S/C20H19N5O/c1-14(15-7-3-2-4-8-15)25(12-16-11-21-13-22-16)20(26)19-17-9-5-6-10-18(17)23-24-19/h2-11,13-14H,12H2,1H3,(H,21,22)(H,23,24). The van der Waals surface area contributed by atoms with Gasteiger partial charge in [0, 0.05) is 11.6 Å². The molecule has 0 fully saturated rings. The van der Waals surface area contributed by atoms with E-state index in [-0.39, 0.29) is 11.9 Å². The Hall–Kier alpha value is -3.41. The van der Waals surface area contributed by atoms with Gasteiger partial charge in [0.2, 0.25) is 0 Å². The van der Waals surface area contributed by atoms with Gasteiger partial charge in [-0.3, -0.25) is 9.89 Å². The zero-order valence-corrected chi connectivity index (χ0v) is 14.4. The Morgan fingerprint density at radius 1 is 1.12 bits per heavy atom. The summed E-state index contributed by atoms with van der Waals surface area (Å²) in [5.41, 5.74) is 3.23. The number of rotatable bonds is 5. The molecule has 1 unspecified atom stereocenters. The molecule has 26 heavy (non-hydrogen) atoms. The van der Waals surface area contributed by atoms with Crippen molar-refractivity contribution in [2.75, 3.05) is 0 Å². The van der Waals surface area contributed by atoms with Crippen molar-refractivity contribution in [2.45, 2.75) is 19.5 Å². The summed E-state index contributed by atoms with van der Waals surface area (Å²) in [4.78, 5) is 22.3. The molecule has 1 atom stereocenters. The van der Waals surface area contributed by atoms with Crippen LogP contribution < -0.4 is 0 Å². The second-order valence-electron chi connectivity index (χ2n) is 6.21. The van der Waals surface area contributed by atoms with Gasteiger partial charge < -0.3 is 9.88 Å². The minimum atomic E-state index is -0.117. The number of imidazole rings is 1. The van der Waals surface area contributed by atoms with Crippen LogP contribution in [0.3, 0.4) is 0 Å². The molecule has 0 aliphatic rings. The fourth-order valence-electron chi connectivity index (χ4n) is 3.11. The summed E-state index contributed by atoms with van der Waals surface area (Å²) in [6, 6.07) is 17.5. The van der Waals surface area contributed by atoms with E-state index < -0.39 is 0 Å². The van der Waals surface area contributed by atoms with E-state index in [1.165, 1.54) is 0 Å². The van der Waals surface area contributed by atoms with E-state index in [1.54, 1.807) is 12.5 Å². The molecular formula is C20H19N5O. The summed E-state index contributed by atoms with van der Waals surface area (Å²) < 4.78 is 0. The maximum Gasteiger partial charge on any atom is 0.275 e. The topological polar surface area (TPSA) is 77.7 Å². The number of nitrogens with zero attached hydrogens (tertiary/aromatic N) is 3. The van der Waals surface area contributed by atoms with E-state index in [1.807, 2.05) is 66.4 Å². The van der Waals surface area contributed by atoms with Gasteiger partial charge in [-0.15, -0.1) is 0 Å². The number of hydrogen-bond acceptors (Lipinski definition) is 3. The summed E-state index contributed by atoms with van der Waals surface area (Å²) in [6.45, 7) is 2.45. The van der Waals surface area contributed by atoms with Crippen LogP contribution in [0, 0.1) is 0 Å². The van der Waals surface area contributed by atoms with Gasteiger partial charge in [0.25, 0.3) is 5.91 Å². The molecule has 0 aliphatic heterocycles. The fourth-order valence-corrected chi connectivity index (χ4v) is 3.11. The Morgan fingerprint density at radius 3 is 2.65 bits per heavy atom. The van der Waals surface area contributed by atoms with Crippen LogP contribution >= 0.6 is 0 Å². The van der Waals surface area contributed by atoms with Gasteiger partial charge in [-0.05, 0) is 18.6 Å². The highest BCUT2D eigenvalue weighted by atomic mass is 16.2. The van der Waals surface area contributed by atoms with Gasteiger partial charge in [0.1, 0.15) is 0 Å². The molecule has 4 rings (SSSR count). The number of aromatic amines is 2. The summed E-state index contributed by atoms with van der Waals surface area (Å²) in [6.07, 6.45) is 3.36. The molecule has 1 amide bonds. The van der Waals surface area contributed by atoms with Crippen molar-refractivity contribution in [3.63, 3.8) is 0 Å². The molecule has 2 heterocycles. The molecular weight excluding hydrogens is 326 g/mol. The Kier molecular flexibility index (Phi) is 4.23. The summed E-state index contributed by atoms with van der Waals surface area (Å²) in [7, 11) is 0. The molecule has 2 aromatic heterocycles. The lowest BCUT2D eigenvalue weighted by molar-refractivity contribution is 0.0667. The molecule has 6 heteroatoms. The molecule has 0 radical (unpaired) electrons. The van der Waals surface area contributed by atoms with Gasteiger partial charge in [0.05, 0.1) is 30.1 Å². The number of para-hydroxylation sites is 1. The number of amides is 1. The van der Waals surface area contributed by atoms with E-state index in [0.29, 0.717) is 12.2 Å². The minimum absolute atomic E-state index is 0.109. The lowest BCUT2D eigenvalue weighted by Gasteiger charge is -2.28. The smallest absolute Gasteiger partial charge is 0.275 e. The number of aromatic nitrogens is 4. The number of carbonyl (C=O) groups excluding carboxylic acids is 1. The van der Waals surface area contributed by atoms with Crippen LogP contribution in [0.1, 0.15) is 34.7 Å². The van der Waals surface area contributed by atoms with Crippen molar-refractivity contribution in [1.29, 1.82) is 0 Å². The first-order chi connectivity index (χ1) is 12.7. The van der Waals surface area contributed by atoms with Crippen molar-refractivity contribution >= 4 is 16.8 Å². The Morgan fingerprint density at radius 2 is 1.88 bits per heavy atom. The number of nitrogens with one attached hydrogen (secondary N) is 2. The minimum Gasteiger partial charge on any atom is -0.347 e. The van der Waals surface area contributed by atoms with Crippen molar-refractivity contribution in [1.82, 2.24) is 25.1 Å². The fraction of sp³-hybridized carbons (Fsp3) is 0.150. The van der Waals surface area contributed by atoms with Crippen LogP contribution in [0.25, 0.3) is 10.9 Å². The van der Waals surface area contributed by atoms with Crippen molar-refractivity contribution in [2.24, 2.45) is 0 Å². The molecule has 2 aromatic carbocycles. The molecule has 0 saturated heterocycles. The van der Waals surface area contributed by atoms with Gasteiger partial charge in [0.15, 0.2) is 5.69 Å². The Balaban J connectivity index is 1.73. The monoisotopic (exact) mass is 345 g/mol. The highest BCUT2D eigenvalue weighted by molar-refractivity contribution is 6.04. The van der Waals surface area contributed by atoms with Crippen LogP contribution in [0.2, 0.25) is 0 Å². The third-order valence-corrected chi connectivity index (χ3v) is 4.58. The summed E-state index contributed by atoms with van der Waals surface area (Å²) >= 11 is 0. The van der Waals surface area contributed by atoms with Gasteiger partial charge in [-0.2, -0.15) is 5.10 Å². The predicted molar refractivity (Wildman–Crippen MR) is 99.4 cm³/mol. The summed E-state index contributed by atoms with van der Waals surface area (Å²) in [5.74, 6) is -0.117. The van der Waals surface area contributed by atoms with Crippen LogP contribution in [0.15, 0.2) is 67.1 Å². The maximum atomic E-state index is 13.4. The predicted octanol–water partition coefficient (Wildman–Crippen LogP) is 3.69. The van der Waals surface area contributed by atoms with Gasteiger partial charge in [-0.1, -0.05) is 48.5 Å². The van der Waals surface area contributed by atoms with Crippen molar-refractivity contribution in [3.8, 4) is 0 Å². The normalized spacial score (nSPS) is 12.2. The number of hydrogen-bond donors (Lipinski definition) is 2. The number of H-pyrrole nitrogens is 2. The SMILES string of the molecule is CC(c1ccccc1)N(Cc1cnc[nH]1)C(=O)c1n[nH]c2ccccc12. The zero-order chi connectivity index (χ0) is 17.9. The van der Waals surface area contributed by atoms with Gasteiger partial charge in [-0.25, -0.2) is 4.98 Å². The van der Waals surface area contributed by atoms with E-state index in [9.17, 15) is 4.79 Å². The molecule has 0 spiro atoms. The average molecular weight is 345 g/mol. The molecule has 130 valence electrons. The van der Waals surface area contributed by atoms with Crippen LogP contribution in [-0.2, 0) is 6.54 Å². The van der Waals surface area contributed by atoms with Crippen LogP contribution in [0.5, 0.6) is 0 Å². The first-order valence-corrected chi connectivity index (χ1v) is 8.50. The lowest BCUT2D eigenvalue weighted by atomic mass is 10.1. The molecule has 4 aromatic rings. The second-order valence-corrected chi connectivity index (χ2v) is 6.21. The zero-order valence-electron chi connectivity index (χ0n) is 14.4. The van der Waals surface area contributed by atoms with E-state index in [4.69, 9.17) is 0 Å². The first kappa shape index (κ1) is 16.1. The number of fused-ring (bicyclic) bond motifs is 1. The van der Waals surface area contributed by atoms with E-state index in [2.05, 4.69) is 20.2 Å². The molecule has 6 nitrogen and oxygen atoms in total. The lowest BCUT2D eigenvalue weighted by Crippen LogP contribution is -2.33. The van der Waals surface area contributed by atoms with Crippen LogP contribution in [0.4, 0.5) is 0 Å². The third-order valence-electron chi connectivity index (χ3n) is 4.58. The maximum absolute atomic E-state index is 13.4. The molecule has 0 bridgehead atoms. The van der Waals surface area contributed by atoms with Gasteiger partial charge >= 0.3 is 0 Å². The van der Waals surface area contributed by atoms with Crippen LogP contribution in [-0.4, -0.2) is 31.0 Å². The van der Waals surface area contributed by atoms with Crippen molar-refractivity contribution < 1.29 is 4.79 Å². The Bertz CT molecular complexity index is 1010. The quantitative estimate of drug-likeness (QED) is 0.579. The second kappa shape index (κ2) is 6.84. The van der Waals surface area contributed by atoms with Crippen molar-refractivity contribution in [3.05, 3.63) is 84.1 Å². The molecule has 2 N–H and O–H groups in total. The third kappa shape index (κ3) is 2.97. The summed E-state index contributed by atoms with van der Waals surface area (Å²) in [5, 5.41) is 8.05. The van der Waals surface area contributed by atoms with E-state index in [0.717, 1.165) is 22.2 Å². The number of carbonyl (C=O) groups is 1. The first-order valence-electron chi connectivity index (χ1n) is 8.50. The average Bonchev–Trinajstić information content (AvgIpc) is 3.35. The Labute approximate surface area is 150 Å². The highest BCUT2D eigenvalue weighted by Crippen LogP contribution is 2.26. The number of benzene rings is 2.